The molecule has 0 aliphatic carbocycles. The lowest BCUT2D eigenvalue weighted by Crippen LogP contribution is -2.15. The van der Waals surface area contributed by atoms with Gasteiger partial charge in [-0.2, -0.15) is 10.2 Å². The molecule has 0 N–H and O–H groups in total. The molecule has 26 heavy (non-hydrogen) atoms. The van der Waals surface area contributed by atoms with E-state index in [0.29, 0.717) is 0 Å². The van der Waals surface area contributed by atoms with Crippen LogP contribution >= 0.6 is 0 Å². The van der Waals surface area contributed by atoms with Crippen molar-refractivity contribution < 1.29 is 0 Å². The number of hydrogen-bond donors (Lipinski definition) is 0. The van der Waals surface area contributed by atoms with Crippen LogP contribution < -0.4 is 0 Å². The van der Waals surface area contributed by atoms with Crippen LogP contribution in [-0.2, 0) is 5.41 Å². The number of nitrogens with zero attached hydrogens (tertiary/aromatic N) is 4. The Kier molecular flexibility index (Phi) is 3.96. The first-order valence-corrected chi connectivity index (χ1v) is 8.80. The Morgan fingerprint density at radius 1 is 0.808 bits per heavy atom. The summed E-state index contributed by atoms with van der Waals surface area (Å²) >= 11 is 0. The van der Waals surface area contributed by atoms with Crippen molar-refractivity contribution in [3.05, 3.63) is 84.8 Å². The molecule has 0 saturated carbocycles. The summed E-state index contributed by atoms with van der Waals surface area (Å²) in [6, 6.07) is 22.6. The zero-order valence-corrected chi connectivity index (χ0v) is 15.3. The van der Waals surface area contributed by atoms with Crippen LogP contribution in [0.15, 0.2) is 79.1 Å². The fraction of sp³-hybridized carbons (Fsp3) is 0.182. The van der Waals surface area contributed by atoms with Crippen molar-refractivity contribution in [2.75, 3.05) is 0 Å². The molecule has 0 unspecified atom stereocenters. The molecule has 4 aromatic rings. The Hall–Kier alpha value is -3.14. The predicted molar refractivity (Wildman–Crippen MR) is 105 cm³/mol. The van der Waals surface area contributed by atoms with Crippen molar-refractivity contribution in [1.82, 2.24) is 19.6 Å². The van der Waals surface area contributed by atoms with E-state index in [2.05, 4.69) is 62.3 Å². The molecule has 4 heteroatoms. The molecule has 0 atom stereocenters. The van der Waals surface area contributed by atoms with Crippen molar-refractivity contribution in [2.45, 2.75) is 26.2 Å². The van der Waals surface area contributed by atoms with Crippen LogP contribution in [0.4, 0.5) is 0 Å². The minimum Gasteiger partial charge on any atom is -0.237 e. The molecule has 0 saturated heterocycles. The lowest BCUT2D eigenvalue weighted by molar-refractivity contribution is 0.555. The van der Waals surface area contributed by atoms with Crippen molar-refractivity contribution >= 4 is 0 Å². The third-order valence-corrected chi connectivity index (χ3v) is 4.35. The van der Waals surface area contributed by atoms with Gasteiger partial charge in [0.2, 0.25) is 0 Å². The Morgan fingerprint density at radius 3 is 2.04 bits per heavy atom. The van der Waals surface area contributed by atoms with Gasteiger partial charge in [-0.25, -0.2) is 9.36 Å². The van der Waals surface area contributed by atoms with E-state index in [0.717, 1.165) is 28.3 Å². The van der Waals surface area contributed by atoms with Gasteiger partial charge in [-0.05, 0) is 18.2 Å². The summed E-state index contributed by atoms with van der Waals surface area (Å²) in [5, 5.41) is 9.56. The molecule has 2 aromatic carbocycles. The fourth-order valence-corrected chi connectivity index (χ4v) is 3.14. The molecule has 4 nitrogen and oxygen atoms in total. The van der Waals surface area contributed by atoms with Crippen molar-refractivity contribution in [2.24, 2.45) is 0 Å². The summed E-state index contributed by atoms with van der Waals surface area (Å²) in [5.41, 5.74) is 5.12. The minimum absolute atomic E-state index is 0.120. The lowest BCUT2D eigenvalue weighted by Gasteiger charge is -2.17. The van der Waals surface area contributed by atoms with Crippen molar-refractivity contribution in [3.63, 3.8) is 0 Å². The summed E-state index contributed by atoms with van der Waals surface area (Å²) < 4.78 is 3.96. The molecule has 2 heterocycles. The predicted octanol–water partition coefficient (Wildman–Crippen LogP) is 5.02. The van der Waals surface area contributed by atoms with Crippen molar-refractivity contribution in [1.29, 1.82) is 0 Å². The maximum Gasteiger partial charge on any atom is 0.115 e. The van der Waals surface area contributed by atoms with Crippen LogP contribution in [0.25, 0.3) is 22.6 Å². The van der Waals surface area contributed by atoms with Crippen molar-refractivity contribution in [3.8, 4) is 22.6 Å². The highest BCUT2D eigenvalue weighted by molar-refractivity contribution is 5.73. The van der Waals surface area contributed by atoms with Crippen LogP contribution in [-0.4, -0.2) is 19.6 Å². The topological polar surface area (TPSA) is 35.6 Å². The molecule has 0 aliphatic heterocycles. The smallest absolute Gasteiger partial charge is 0.115 e. The van der Waals surface area contributed by atoms with Gasteiger partial charge in [0, 0.05) is 23.4 Å². The first kappa shape index (κ1) is 16.3. The number of aromatic nitrogens is 4. The van der Waals surface area contributed by atoms with E-state index in [4.69, 9.17) is 5.10 Å². The Balaban J connectivity index is 2.10. The van der Waals surface area contributed by atoms with Gasteiger partial charge in [-0.3, -0.25) is 0 Å². The zero-order chi connectivity index (χ0) is 18.1. The molecule has 0 bridgehead atoms. The van der Waals surface area contributed by atoms with E-state index in [1.165, 1.54) is 0 Å². The largest absolute Gasteiger partial charge is 0.237 e. The number of hydrogen-bond acceptors (Lipinski definition) is 2. The Labute approximate surface area is 153 Å². The average Bonchev–Trinajstić information content (AvgIpc) is 3.30. The van der Waals surface area contributed by atoms with E-state index >= 15 is 0 Å². The molecule has 2 aromatic heterocycles. The molecule has 0 fully saturated rings. The van der Waals surface area contributed by atoms with Gasteiger partial charge in [0.05, 0.1) is 11.4 Å². The minimum atomic E-state index is -0.120. The maximum atomic E-state index is 5.04. The average molecular weight is 342 g/mol. The highest BCUT2D eigenvalue weighted by atomic mass is 15.4. The van der Waals surface area contributed by atoms with E-state index in [1.54, 1.807) is 6.20 Å². The quantitative estimate of drug-likeness (QED) is 0.524. The van der Waals surface area contributed by atoms with Crippen LogP contribution in [0.1, 0.15) is 26.5 Å². The number of para-hydroxylation sites is 1. The molecular weight excluding hydrogens is 320 g/mol. The van der Waals surface area contributed by atoms with Gasteiger partial charge in [-0.15, -0.1) is 0 Å². The Bertz CT molecular complexity index is 992. The zero-order valence-electron chi connectivity index (χ0n) is 15.3. The second kappa shape index (κ2) is 6.30. The summed E-state index contributed by atoms with van der Waals surface area (Å²) in [5.74, 6) is 0. The SMILES string of the molecule is CC(C)(C)c1nn(-c2ccccc2)c(-c2ccccc2)c1-n1cccn1. The molecule has 4 rings (SSSR count). The lowest BCUT2D eigenvalue weighted by atomic mass is 9.90. The summed E-state index contributed by atoms with van der Waals surface area (Å²) in [6.07, 6.45) is 3.79. The molecule has 130 valence electrons. The molecule has 0 aliphatic rings. The first-order chi connectivity index (χ1) is 12.6. The summed E-state index contributed by atoms with van der Waals surface area (Å²) in [4.78, 5) is 0. The highest BCUT2D eigenvalue weighted by Crippen LogP contribution is 2.37. The summed E-state index contributed by atoms with van der Waals surface area (Å²) in [6.45, 7) is 6.56. The third-order valence-electron chi connectivity index (χ3n) is 4.35. The molecule has 0 radical (unpaired) electrons. The fourth-order valence-electron chi connectivity index (χ4n) is 3.14. The first-order valence-electron chi connectivity index (χ1n) is 8.80. The van der Waals surface area contributed by atoms with Crippen LogP contribution in [0.5, 0.6) is 0 Å². The van der Waals surface area contributed by atoms with Crippen LogP contribution in [0.3, 0.4) is 0 Å². The second-order valence-corrected chi connectivity index (χ2v) is 7.36. The third kappa shape index (κ3) is 2.84. The molecule has 0 amide bonds. The van der Waals surface area contributed by atoms with Crippen LogP contribution in [0, 0.1) is 0 Å². The highest BCUT2D eigenvalue weighted by Gasteiger charge is 2.29. The van der Waals surface area contributed by atoms with Gasteiger partial charge in [0.25, 0.3) is 0 Å². The maximum absolute atomic E-state index is 5.04. The molecular formula is C22H22N4. The van der Waals surface area contributed by atoms with E-state index in [9.17, 15) is 0 Å². The van der Waals surface area contributed by atoms with Gasteiger partial charge in [-0.1, -0.05) is 69.3 Å². The van der Waals surface area contributed by atoms with Gasteiger partial charge < -0.3 is 0 Å². The Morgan fingerprint density at radius 2 is 1.46 bits per heavy atom. The van der Waals surface area contributed by atoms with E-state index in [1.807, 2.05) is 45.9 Å². The normalized spacial score (nSPS) is 11.7. The van der Waals surface area contributed by atoms with E-state index < -0.39 is 0 Å². The standard InChI is InChI=1S/C22H22N4/c1-22(2,3)21-20(25-16-10-15-23-25)19(17-11-6-4-7-12-17)26(24-21)18-13-8-5-9-14-18/h4-16H,1-3H3. The van der Waals surface area contributed by atoms with Crippen LogP contribution in [0.2, 0.25) is 0 Å². The monoisotopic (exact) mass is 342 g/mol. The second-order valence-electron chi connectivity index (χ2n) is 7.36. The number of benzene rings is 2. The molecule has 0 spiro atoms. The van der Waals surface area contributed by atoms with Gasteiger partial charge in [0.1, 0.15) is 11.4 Å². The number of rotatable bonds is 3. The van der Waals surface area contributed by atoms with Gasteiger partial charge >= 0.3 is 0 Å². The summed E-state index contributed by atoms with van der Waals surface area (Å²) in [7, 11) is 0. The van der Waals surface area contributed by atoms with Gasteiger partial charge in [0.15, 0.2) is 0 Å². The van der Waals surface area contributed by atoms with E-state index in [-0.39, 0.29) is 5.41 Å².